The Balaban J connectivity index is 3.31. The summed E-state index contributed by atoms with van der Waals surface area (Å²) in [5.41, 5.74) is 1.45. The predicted molar refractivity (Wildman–Crippen MR) is 49.1 cm³/mol. The van der Waals surface area contributed by atoms with Crippen molar-refractivity contribution < 1.29 is 9.59 Å². The maximum atomic E-state index is 11.0. The van der Waals surface area contributed by atoms with Gasteiger partial charge in [-0.1, -0.05) is 11.6 Å². The number of aldehydes is 1. The Kier molecular flexibility index (Phi) is 2.78. The monoisotopic (exact) mass is 197 g/mol. The van der Waals surface area contributed by atoms with Crippen LogP contribution < -0.4 is 0 Å². The largest absolute Gasteiger partial charge is 0.294 e. The van der Waals surface area contributed by atoms with Crippen molar-refractivity contribution in [3.63, 3.8) is 0 Å². The minimum absolute atomic E-state index is 0.260. The van der Waals surface area contributed by atoms with Crippen molar-refractivity contribution in [2.24, 2.45) is 0 Å². The molecule has 0 spiro atoms. The zero-order valence-electron chi connectivity index (χ0n) is 7.30. The molecule has 0 bridgehead atoms. The normalized spacial score (nSPS) is 9.77. The number of carbonyl (C=O) groups is 2. The molecule has 13 heavy (non-hydrogen) atoms. The van der Waals surface area contributed by atoms with Crippen LogP contribution in [0.4, 0.5) is 0 Å². The van der Waals surface area contributed by atoms with Crippen LogP contribution in [0.2, 0.25) is 5.02 Å². The first-order chi connectivity index (χ1) is 6.06. The Bertz CT molecular complexity index is 374. The van der Waals surface area contributed by atoms with Crippen molar-refractivity contribution in [1.29, 1.82) is 0 Å². The van der Waals surface area contributed by atoms with Crippen LogP contribution in [0, 0.1) is 13.8 Å². The highest BCUT2D eigenvalue weighted by atomic mass is 35.5. The number of aromatic nitrogens is 1. The number of Topliss-reactive ketones (excluding diaryl/α,β-unsaturated/α-hetero) is 1. The first-order valence-corrected chi connectivity index (χ1v) is 4.07. The van der Waals surface area contributed by atoms with Crippen LogP contribution in [0.3, 0.4) is 0 Å². The molecule has 0 amide bonds. The maximum absolute atomic E-state index is 11.0. The molecule has 68 valence electrons. The summed E-state index contributed by atoms with van der Waals surface area (Å²) in [5.74, 6) is -0.591. The number of halogens is 1. The Morgan fingerprint density at radius 1 is 1.46 bits per heavy atom. The van der Waals surface area contributed by atoms with Gasteiger partial charge < -0.3 is 0 Å². The van der Waals surface area contributed by atoms with Crippen LogP contribution in [0.5, 0.6) is 0 Å². The van der Waals surface area contributed by atoms with Crippen LogP contribution in [-0.4, -0.2) is 17.1 Å². The summed E-state index contributed by atoms with van der Waals surface area (Å²) in [6.45, 7) is 3.41. The summed E-state index contributed by atoms with van der Waals surface area (Å²) >= 11 is 5.76. The second-order valence-electron chi connectivity index (χ2n) is 2.67. The van der Waals surface area contributed by atoms with Crippen LogP contribution in [0.1, 0.15) is 21.7 Å². The number of aryl methyl sites for hydroxylation is 2. The zero-order valence-corrected chi connectivity index (χ0v) is 8.05. The van der Waals surface area contributed by atoms with E-state index >= 15 is 0 Å². The molecule has 1 aromatic rings. The molecule has 3 nitrogen and oxygen atoms in total. The minimum atomic E-state index is -0.591. The third-order valence-corrected chi connectivity index (χ3v) is 2.10. The first kappa shape index (κ1) is 9.86. The van der Waals surface area contributed by atoms with E-state index in [1.54, 1.807) is 13.8 Å². The molecule has 0 aliphatic rings. The molecule has 1 aromatic heterocycles. The van der Waals surface area contributed by atoms with Gasteiger partial charge in [-0.3, -0.25) is 14.6 Å². The van der Waals surface area contributed by atoms with E-state index in [1.165, 1.54) is 6.07 Å². The van der Waals surface area contributed by atoms with Gasteiger partial charge >= 0.3 is 0 Å². The van der Waals surface area contributed by atoms with Crippen LogP contribution >= 0.6 is 11.6 Å². The van der Waals surface area contributed by atoms with E-state index < -0.39 is 5.78 Å². The smallest absolute Gasteiger partial charge is 0.227 e. The molecule has 0 aliphatic heterocycles. The van der Waals surface area contributed by atoms with E-state index in [2.05, 4.69) is 4.98 Å². The van der Waals surface area contributed by atoms with E-state index in [4.69, 9.17) is 11.6 Å². The molecule has 0 radical (unpaired) electrons. The summed E-state index contributed by atoms with van der Waals surface area (Å²) < 4.78 is 0. The van der Waals surface area contributed by atoms with E-state index in [9.17, 15) is 9.59 Å². The Hall–Kier alpha value is -1.22. The van der Waals surface area contributed by atoms with Gasteiger partial charge in [0.1, 0.15) is 0 Å². The standard InChI is InChI=1S/C9H8ClNO2/c1-5-7(9(13)4-12)3-8(10)6(2)11-5/h3-4H,1-2H3. The fourth-order valence-electron chi connectivity index (χ4n) is 1.01. The molecule has 0 fully saturated rings. The number of hydrogen-bond acceptors (Lipinski definition) is 3. The SMILES string of the molecule is Cc1nc(C)c(C(=O)C=O)cc1Cl. The Morgan fingerprint density at radius 3 is 2.62 bits per heavy atom. The predicted octanol–water partition coefficient (Wildman–Crippen LogP) is 1.73. The van der Waals surface area contributed by atoms with Gasteiger partial charge in [-0.05, 0) is 19.9 Å². The van der Waals surface area contributed by atoms with Crippen molar-refractivity contribution in [1.82, 2.24) is 4.98 Å². The van der Waals surface area contributed by atoms with E-state index in [0.717, 1.165) is 0 Å². The molecule has 0 atom stereocenters. The molecule has 1 heterocycles. The molecule has 0 saturated heterocycles. The van der Waals surface area contributed by atoms with Gasteiger partial charge in [-0.25, -0.2) is 0 Å². The fourth-order valence-corrected chi connectivity index (χ4v) is 1.17. The van der Waals surface area contributed by atoms with Crippen molar-refractivity contribution in [3.8, 4) is 0 Å². The zero-order chi connectivity index (χ0) is 10.0. The lowest BCUT2D eigenvalue weighted by Gasteiger charge is -2.03. The molecule has 0 aliphatic carbocycles. The summed E-state index contributed by atoms with van der Waals surface area (Å²) in [7, 11) is 0. The lowest BCUT2D eigenvalue weighted by molar-refractivity contribution is -0.104. The lowest BCUT2D eigenvalue weighted by Crippen LogP contribution is -2.05. The topological polar surface area (TPSA) is 47.0 Å². The molecular weight excluding hydrogens is 190 g/mol. The molecular formula is C9H8ClNO2. The second-order valence-corrected chi connectivity index (χ2v) is 3.08. The average molecular weight is 198 g/mol. The Morgan fingerprint density at radius 2 is 2.08 bits per heavy atom. The lowest BCUT2D eigenvalue weighted by atomic mass is 10.1. The van der Waals surface area contributed by atoms with Gasteiger partial charge in [-0.15, -0.1) is 0 Å². The molecule has 0 aromatic carbocycles. The highest BCUT2D eigenvalue weighted by molar-refractivity contribution is 6.35. The molecule has 0 N–H and O–H groups in total. The van der Waals surface area contributed by atoms with E-state index in [1.807, 2.05) is 0 Å². The maximum Gasteiger partial charge on any atom is 0.227 e. The number of carbonyl (C=O) groups excluding carboxylic acids is 2. The number of rotatable bonds is 2. The Labute approximate surface area is 80.7 Å². The van der Waals surface area contributed by atoms with Crippen LogP contribution in [0.15, 0.2) is 6.07 Å². The summed E-state index contributed by atoms with van der Waals surface area (Å²) in [5, 5.41) is 0.399. The van der Waals surface area contributed by atoms with Crippen molar-refractivity contribution >= 4 is 23.7 Å². The second kappa shape index (κ2) is 3.66. The summed E-state index contributed by atoms with van der Waals surface area (Å²) in [6.07, 6.45) is 0.260. The van der Waals surface area contributed by atoms with Gasteiger partial charge in [0, 0.05) is 11.3 Å². The highest BCUT2D eigenvalue weighted by Crippen LogP contribution is 2.17. The highest BCUT2D eigenvalue weighted by Gasteiger charge is 2.10. The third-order valence-electron chi connectivity index (χ3n) is 1.71. The van der Waals surface area contributed by atoms with Crippen LogP contribution in [0.25, 0.3) is 0 Å². The van der Waals surface area contributed by atoms with Gasteiger partial charge in [0.25, 0.3) is 0 Å². The van der Waals surface area contributed by atoms with E-state index in [-0.39, 0.29) is 11.8 Å². The van der Waals surface area contributed by atoms with Crippen LogP contribution in [-0.2, 0) is 4.79 Å². The van der Waals surface area contributed by atoms with Crippen molar-refractivity contribution in [3.05, 3.63) is 28.0 Å². The molecule has 0 saturated carbocycles. The number of hydrogen-bond donors (Lipinski definition) is 0. The van der Waals surface area contributed by atoms with Crippen molar-refractivity contribution in [2.75, 3.05) is 0 Å². The van der Waals surface area contributed by atoms with Crippen molar-refractivity contribution in [2.45, 2.75) is 13.8 Å². The average Bonchev–Trinajstić information content (AvgIpc) is 2.10. The van der Waals surface area contributed by atoms with Gasteiger partial charge in [0.05, 0.1) is 10.7 Å². The minimum Gasteiger partial charge on any atom is -0.294 e. The van der Waals surface area contributed by atoms with Gasteiger partial charge in [0.2, 0.25) is 5.78 Å². The molecule has 4 heteroatoms. The summed E-state index contributed by atoms with van der Waals surface area (Å²) in [6, 6.07) is 1.47. The number of pyridine rings is 1. The van der Waals surface area contributed by atoms with E-state index in [0.29, 0.717) is 16.4 Å². The quantitative estimate of drug-likeness (QED) is 0.412. The third kappa shape index (κ3) is 1.92. The van der Waals surface area contributed by atoms with Gasteiger partial charge in [0.15, 0.2) is 6.29 Å². The summed E-state index contributed by atoms with van der Waals surface area (Å²) in [4.78, 5) is 25.3. The molecule has 1 rings (SSSR count). The number of ketones is 1. The van der Waals surface area contributed by atoms with Gasteiger partial charge in [-0.2, -0.15) is 0 Å². The fraction of sp³-hybridized carbons (Fsp3) is 0.222. The first-order valence-electron chi connectivity index (χ1n) is 3.69. The molecule has 0 unspecified atom stereocenters. The number of nitrogens with zero attached hydrogens (tertiary/aromatic N) is 1.